The van der Waals surface area contributed by atoms with Gasteiger partial charge < -0.3 is 9.72 Å². The van der Waals surface area contributed by atoms with Gasteiger partial charge in [0.25, 0.3) is 5.56 Å². The highest BCUT2D eigenvalue weighted by Gasteiger charge is 2.23. The number of aromatic amines is 1. The Balaban J connectivity index is 1.41. The first kappa shape index (κ1) is 16.1. The Hall–Kier alpha value is -3.06. The molecule has 5 rings (SSSR count). The largest absolute Gasteiger partial charge is 0.489 e. The van der Waals surface area contributed by atoms with E-state index in [-0.39, 0.29) is 11.7 Å². The van der Waals surface area contributed by atoms with Gasteiger partial charge in [0.05, 0.1) is 11.9 Å². The third-order valence-corrected chi connectivity index (χ3v) is 5.54. The van der Waals surface area contributed by atoms with Gasteiger partial charge in [0, 0.05) is 12.2 Å². The molecule has 0 saturated heterocycles. The van der Waals surface area contributed by atoms with Crippen LogP contribution in [0.4, 0.5) is 0 Å². The van der Waals surface area contributed by atoms with E-state index in [0.717, 1.165) is 17.9 Å². The van der Waals surface area contributed by atoms with Crippen molar-refractivity contribution in [1.82, 2.24) is 19.7 Å². The number of H-pyrrole nitrogens is 1. The van der Waals surface area contributed by atoms with Crippen molar-refractivity contribution in [3.63, 3.8) is 0 Å². The number of aromatic nitrogens is 4. The van der Waals surface area contributed by atoms with Crippen LogP contribution in [-0.2, 0) is 6.42 Å². The van der Waals surface area contributed by atoms with E-state index in [9.17, 15) is 4.79 Å². The van der Waals surface area contributed by atoms with E-state index in [4.69, 9.17) is 4.74 Å². The summed E-state index contributed by atoms with van der Waals surface area (Å²) >= 11 is 1.49. The first-order valence-corrected chi connectivity index (χ1v) is 9.67. The standard InChI is InChI=1S/C20H16N4O2S/c25-19-16-11-21-24(14-7-2-1-3-8-14)18(16)22-20(23-19)27-12-15-10-13-6-4-5-9-17(13)26-15/h1-9,11,15H,10,12H2,(H,22,23,25). The molecule has 1 aliphatic rings. The highest BCUT2D eigenvalue weighted by molar-refractivity contribution is 7.99. The molecule has 2 aromatic carbocycles. The Morgan fingerprint density at radius 2 is 1.96 bits per heavy atom. The minimum absolute atomic E-state index is 0.0763. The van der Waals surface area contributed by atoms with Gasteiger partial charge in [-0.2, -0.15) is 5.10 Å². The molecule has 0 saturated carbocycles. The third kappa shape index (κ3) is 3.00. The number of rotatable bonds is 4. The van der Waals surface area contributed by atoms with E-state index < -0.39 is 0 Å². The van der Waals surface area contributed by atoms with Crippen LogP contribution in [0.2, 0.25) is 0 Å². The van der Waals surface area contributed by atoms with Gasteiger partial charge in [-0.15, -0.1) is 0 Å². The lowest BCUT2D eigenvalue weighted by Gasteiger charge is -2.10. The van der Waals surface area contributed by atoms with E-state index in [0.29, 0.717) is 21.9 Å². The molecule has 1 N–H and O–H groups in total. The molecule has 134 valence electrons. The maximum Gasteiger partial charge on any atom is 0.262 e. The van der Waals surface area contributed by atoms with Crippen molar-refractivity contribution < 1.29 is 4.74 Å². The van der Waals surface area contributed by atoms with Crippen LogP contribution in [0.25, 0.3) is 16.7 Å². The number of fused-ring (bicyclic) bond motifs is 2. The second-order valence-electron chi connectivity index (χ2n) is 6.36. The summed E-state index contributed by atoms with van der Waals surface area (Å²) in [5, 5.41) is 5.39. The van der Waals surface area contributed by atoms with Crippen LogP contribution in [0.5, 0.6) is 5.75 Å². The van der Waals surface area contributed by atoms with E-state index in [1.54, 1.807) is 10.9 Å². The Bertz CT molecular complexity index is 1140. The van der Waals surface area contributed by atoms with Crippen molar-refractivity contribution in [2.45, 2.75) is 17.7 Å². The molecule has 0 aliphatic carbocycles. The zero-order valence-electron chi connectivity index (χ0n) is 14.3. The van der Waals surface area contributed by atoms with Crippen molar-refractivity contribution in [3.05, 3.63) is 76.7 Å². The number of hydrogen-bond donors (Lipinski definition) is 1. The fraction of sp³-hybridized carbons (Fsp3) is 0.150. The van der Waals surface area contributed by atoms with Crippen LogP contribution >= 0.6 is 11.8 Å². The molecule has 0 bridgehead atoms. The predicted molar refractivity (Wildman–Crippen MR) is 105 cm³/mol. The van der Waals surface area contributed by atoms with Gasteiger partial charge >= 0.3 is 0 Å². The maximum atomic E-state index is 12.4. The molecule has 2 aromatic heterocycles. The third-order valence-electron chi connectivity index (χ3n) is 4.54. The zero-order chi connectivity index (χ0) is 18.2. The summed E-state index contributed by atoms with van der Waals surface area (Å²) in [4.78, 5) is 19.9. The summed E-state index contributed by atoms with van der Waals surface area (Å²) < 4.78 is 7.66. The topological polar surface area (TPSA) is 72.8 Å². The molecule has 3 heterocycles. The average Bonchev–Trinajstić information content (AvgIpc) is 3.31. The zero-order valence-corrected chi connectivity index (χ0v) is 15.1. The molecular formula is C20H16N4O2S. The lowest BCUT2D eigenvalue weighted by atomic mass is 10.1. The summed E-state index contributed by atoms with van der Waals surface area (Å²) in [5.41, 5.74) is 2.47. The van der Waals surface area contributed by atoms with Gasteiger partial charge in [0.15, 0.2) is 10.8 Å². The number of hydrogen-bond acceptors (Lipinski definition) is 5. The van der Waals surface area contributed by atoms with Crippen LogP contribution in [0, 0.1) is 0 Å². The Labute approximate surface area is 159 Å². The normalized spacial score (nSPS) is 15.6. The van der Waals surface area contributed by atoms with E-state index in [2.05, 4.69) is 21.1 Å². The molecule has 1 aliphatic heterocycles. The first-order chi connectivity index (χ1) is 13.3. The average molecular weight is 376 g/mol. The van der Waals surface area contributed by atoms with Crippen molar-refractivity contribution in [2.24, 2.45) is 0 Å². The van der Waals surface area contributed by atoms with Crippen molar-refractivity contribution >= 4 is 22.8 Å². The quantitative estimate of drug-likeness (QED) is 0.437. The van der Waals surface area contributed by atoms with Gasteiger partial charge in [0.1, 0.15) is 17.2 Å². The number of para-hydroxylation sites is 2. The summed E-state index contributed by atoms with van der Waals surface area (Å²) in [6, 6.07) is 17.8. The molecular weight excluding hydrogens is 360 g/mol. The predicted octanol–water partition coefficient (Wildman–Crippen LogP) is 3.20. The minimum Gasteiger partial charge on any atom is -0.489 e. The van der Waals surface area contributed by atoms with Gasteiger partial charge in [-0.1, -0.05) is 48.2 Å². The monoisotopic (exact) mass is 376 g/mol. The summed E-state index contributed by atoms with van der Waals surface area (Å²) in [6.45, 7) is 0. The van der Waals surface area contributed by atoms with E-state index in [1.807, 2.05) is 48.5 Å². The fourth-order valence-corrected chi connectivity index (χ4v) is 4.09. The molecule has 1 unspecified atom stereocenters. The number of nitrogens with zero attached hydrogens (tertiary/aromatic N) is 3. The Morgan fingerprint density at radius 1 is 1.15 bits per heavy atom. The number of ether oxygens (including phenoxy) is 1. The smallest absolute Gasteiger partial charge is 0.262 e. The molecule has 6 nitrogen and oxygen atoms in total. The molecule has 0 radical (unpaired) electrons. The highest BCUT2D eigenvalue weighted by atomic mass is 32.2. The lowest BCUT2D eigenvalue weighted by Crippen LogP contribution is -2.17. The van der Waals surface area contributed by atoms with E-state index >= 15 is 0 Å². The first-order valence-electron chi connectivity index (χ1n) is 8.69. The number of nitrogens with one attached hydrogen (secondary N) is 1. The second kappa shape index (κ2) is 6.59. The van der Waals surface area contributed by atoms with Gasteiger partial charge in [0.2, 0.25) is 0 Å². The lowest BCUT2D eigenvalue weighted by molar-refractivity contribution is 0.259. The molecule has 0 fully saturated rings. The summed E-state index contributed by atoms with van der Waals surface area (Å²) in [7, 11) is 0. The fourth-order valence-electron chi connectivity index (χ4n) is 3.24. The molecule has 0 spiro atoms. The van der Waals surface area contributed by atoms with Crippen LogP contribution in [-0.4, -0.2) is 31.6 Å². The van der Waals surface area contributed by atoms with Crippen LogP contribution < -0.4 is 10.3 Å². The minimum atomic E-state index is -0.180. The molecule has 0 amide bonds. The maximum absolute atomic E-state index is 12.4. The van der Waals surface area contributed by atoms with Crippen molar-refractivity contribution in [3.8, 4) is 11.4 Å². The van der Waals surface area contributed by atoms with Gasteiger partial charge in [-0.05, 0) is 23.8 Å². The molecule has 4 aromatic rings. The van der Waals surface area contributed by atoms with Crippen LogP contribution in [0.3, 0.4) is 0 Å². The van der Waals surface area contributed by atoms with Gasteiger partial charge in [-0.3, -0.25) is 4.79 Å². The Kier molecular flexibility index (Phi) is 3.94. The molecule has 7 heteroatoms. The van der Waals surface area contributed by atoms with E-state index in [1.165, 1.54) is 17.3 Å². The molecule has 1 atom stereocenters. The number of thioether (sulfide) groups is 1. The van der Waals surface area contributed by atoms with Crippen LogP contribution in [0.1, 0.15) is 5.56 Å². The van der Waals surface area contributed by atoms with Crippen LogP contribution in [0.15, 0.2) is 70.7 Å². The summed E-state index contributed by atoms with van der Waals surface area (Å²) in [5.74, 6) is 1.66. The van der Waals surface area contributed by atoms with Crippen molar-refractivity contribution in [1.29, 1.82) is 0 Å². The molecule has 27 heavy (non-hydrogen) atoms. The van der Waals surface area contributed by atoms with Gasteiger partial charge in [-0.25, -0.2) is 9.67 Å². The Morgan fingerprint density at radius 3 is 2.81 bits per heavy atom. The highest BCUT2D eigenvalue weighted by Crippen LogP contribution is 2.30. The second-order valence-corrected chi connectivity index (χ2v) is 7.37. The summed E-state index contributed by atoms with van der Waals surface area (Å²) in [6.07, 6.45) is 2.50. The SMILES string of the molecule is O=c1[nH]c(SCC2Cc3ccccc3O2)nc2c1cnn2-c1ccccc1. The number of benzene rings is 2. The van der Waals surface area contributed by atoms with Crippen molar-refractivity contribution in [2.75, 3.05) is 5.75 Å².